The molecular weight excluding hydrogens is 545 g/mol. The lowest BCUT2D eigenvalue weighted by Crippen LogP contribution is -2.49. The number of rotatable bonds is 11. The van der Waals surface area contributed by atoms with E-state index in [4.69, 9.17) is 9.72 Å². The van der Waals surface area contributed by atoms with E-state index in [2.05, 4.69) is 15.4 Å². The van der Waals surface area contributed by atoms with Crippen LogP contribution < -0.4 is 15.4 Å². The van der Waals surface area contributed by atoms with E-state index in [9.17, 15) is 18.4 Å². The fourth-order valence-corrected chi connectivity index (χ4v) is 5.78. The molecule has 0 aliphatic heterocycles. The van der Waals surface area contributed by atoms with Crippen LogP contribution in [0.15, 0.2) is 77.5 Å². The van der Waals surface area contributed by atoms with Gasteiger partial charge in [-0.1, -0.05) is 48.5 Å². The molecule has 4 rings (SSSR count). The smallest absolute Gasteiger partial charge is 0.407 e. The van der Waals surface area contributed by atoms with E-state index >= 15 is 0 Å². The first-order valence-corrected chi connectivity index (χ1v) is 14.4. The Morgan fingerprint density at radius 1 is 0.974 bits per heavy atom. The normalized spacial score (nSPS) is 13.2. The van der Waals surface area contributed by atoms with Crippen molar-refractivity contribution in [2.24, 2.45) is 0 Å². The van der Waals surface area contributed by atoms with Crippen LogP contribution in [0, 0.1) is 0 Å². The molecule has 2 aromatic heterocycles. The zero-order valence-corrected chi connectivity index (χ0v) is 22.7. The average molecular weight is 570 g/mol. The highest BCUT2D eigenvalue weighted by Crippen LogP contribution is 2.31. The van der Waals surface area contributed by atoms with Gasteiger partial charge in [-0.05, 0) is 41.1 Å². The van der Waals surface area contributed by atoms with Crippen molar-refractivity contribution in [3.8, 4) is 9.88 Å². The Balaban J connectivity index is 1.58. The molecule has 0 aliphatic carbocycles. The Morgan fingerprint density at radius 3 is 2.37 bits per heavy atom. The maximum absolute atomic E-state index is 13.5. The second-order valence-electron chi connectivity index (χ2n) is 8.23. The Bertz CT molecular complexity index is 1360. The van der Waals surface area contributed by atoms with Gasteiger partial charge in [0.05, 0.1) is 23.7 Å². The summed E-state index contributed by atoms with van der Waals surface area (Å²) in [5, 5.41) is 10.4. The molecule has 0 saturated carbocycles. The first kappa shape index (κ1) is 27.5. The number of carbonyl (C=O) groups is 2. The number of anilines is 1. The summed E-state index contributed by atoms with van der Waals surface area (Å²) in [6.07, 6.45) is -0.0279. The van der Waals surface area contributed by atoms with Gasteiger partial charge < -0.3 is 24.6 Å². The molecule has 0 bridgehead atoms. The van der Waals surface area contributed by atoms with Crippen molar-refractivity contribution in [1.29, 1.82) is 0 Å². The van der Waals surface area contributed by atoms with Crippen molar-refractivity contribution >= 4 is 51.6 Å². The molecule has 4 aromatic rings. The lowest BCUT2D eigenvalue weighted by Gasteiger charge is -2.23. The monoisotopic (exact) mass is 569 g/mol. The second-order valence-corrected chi connectivity index (χ2v) is 10.7. The third-order valence-corrected chi connectivity index (χ3v) is 7.90. The fourth-order valence-electron chi connectivity index (χ4n) is 3.76. The highest BCUT2D eigenvalue weighted by Gasteiger charge is 2.26. The summed E-state index contributed by atoms with van der Waals surface area (Å²) >= 11 is 0.649. The number of benzene rings is 2. The molecule has 1 unspecified atom stereocenters. The summed E-state index contributed by atoms with van der Waals surface area (Å²) in [4.78, 5) is 31.4. The largest absolute Gasteiger partial charge is 0.755 e. The molecule has 3 atom stereocenters. The first-order valence-electron chi connectivity index (χ1n) is 11.5. The van der Waals surface area contributed by atoms with Crippen molar-refractivity contribution in [2.75, 3.05) is 11.8 Å². The number of thiophene rings is 1. The third kappa shape index (κ3) is 7.71. The molecule has 2 heterocycles. The van der Waals surface area contributed by atoms with Crippen LogP contribution in [0.25, 0.3) is 9.88 Å². The molecule has 9 nitrogen and oxygen atoms in total. The average Bonchev–Trinajstić information content (AvgIpc) is 3.62. The second kappa shape index (κ2) is 13.3. The minimum atomic E-state index is -2.42. The van der Waals surface area contributed by atoms with Gasteiger partial charge in [-0.25, -0.2) is 9.78 Å². The lowest BCUT2D eigenvalue weighted by atomic mass is 10.0. The number of hydrogen-bond donors (Lipinski definition) is 3. The van der Waals surface area contributed by atoms with E-state index in [1.165, 1.54) is 18.4 Å². The van der Waals surface area contributed by atoms with E-state index in [1.807, 2.05) is 53.2 Å². The fraction of sp³-hybridized carbons (Fsp3) is 0.192. The Morgan fingerprint density at radius 2 is 1.71 bits per heavy atom. The van der Waals surface area contributed by atoms with Crippen molar-refractivity contribution in [3.63, 3.8) is 0 Å². The predicted octanol–water partition coefficient (Wildman–Crippen LogP) is 4.44. The molecule has 3 N–H and O–H groups in total. The predicted molar refractivity (Wildman–Crippen MR) is 148 cm³/mol. The van der Waals surface area contributed by atoms with E-state index in [0.29, 0.717) is 17.8 Å². The summed E-state index contributed by atoms with van der Waals surface area (Å²) < 4.78 is 28.9. The van der Waals surface area contributed by atoms with Gasteiger partial charge in [-0.3, -0.25) is 9.00 Å². The number of amides is 2. The zero-order chi connectivity index (χ0) is 26.9. The number of alkyl carbamates (subject to hydrolysis) is 1. The van der Waals surface area contributed by atoms with Crippen molar-refractivity contribution in [3.05, 3.63) is 94.3 Å². The minimum Gasteiger partial charge on any atom is -0.755 e. The van der Waals surface area contributed by atoms with Gasteiger partial charge in [0.2, 0.25) is 5.91 Å². The quantitative estimate of drug-likeness (QED) is 0.229. The van der Waals surface area contributed by atoms with E-state index in [0.717, 1.165) is 21.0 Å². The summed E-state index contributed by atoms with van der Waals surface area (Å²) in [5.74, 6) is -0.380. The topological polar surface area (TPSA) is 132 Å². The number of nitrogens with zero attached hydrogens (tertiary/aromatic N) is 1. The third-order valence-electron chi connectivity index (χ3n) is 5.60. The van der Waals surface area contributed by atoms with Crippen LogP contribution in [0.5, 0.6) is 0 Å². The van der Waals surface area contributed by atoms with Gasteiger partial charge in [0.15, 0.2) is 0 Å². The Kier molecular flexibility index (Phi) is 9.60. The number of aromatic nitrogens is 1. The van der Waals surface area contributed by atoms with Crippen molar-refractivity contribution in [1.82, 2.24) is 15.6 Å². The van der Waals surface area contributed by atoms with Crippen LogP contribution in [0.1, 0.15) is 22.9 Å². The Labute approximate surface area is 230 Å². The van der Waals surface area contributed by atoms with Gasteiger partial charge in [-0.2, -0.15) is 0 Å². The Hall–Kier alpha value is -3.58. The molecular formula is C26H25N4O5S3-. The SMILES string of the molecule is COC(=O)N[C@@H](Cc1ccccc1)C(=O)N[C@H](Cc1ccc(NS(=O)[O-])cc1)c1csc(-c2cccs2)n1. The maximum atomic E-state index is 13.5. The zero-order valence-electron chi connectivity index (χ0n) is 20.3. The summed E-state index contributed by atoms with van der Waals surface area (Å²) in [6.45, 7) is 0. The van der Waals surface area contributed by atoms with Crippen LogP contribution in [0.2, 0.25) is 0 Å². The molecule has 0 radical (unpaired) electrons. The van der Waals surface area contributed by atoms with Gasteiger partial charge in [0.25, 0.3) is 0 Å². The number of hydrogen-bond acceptors (Lipinski definition) is 8. The summed E-state index contributed by atoms with van der Waals surface area (Å²) in [7, 11) is 1.25. The first-order chi connectivity index (χ1) is 18.4. The molecule has 2 aromatic carbocycles. The van der Waals surface area contributed by atoms with Crippen LogP contribution >= 0.6 is 22.7 Å². The molecule has 0 aliphatic rings. The lowest BCUT2D eigenvalue weighted by molar-refractivity contribution is -0.123. The molecule has 12 heteroatoms. The number of nitrogens with one attached hydrogen (secondary N) is 3. The van der Waals surface area contributed by atoms with Gasteiger partial charge >= 0.3 is 6.09 Å². The van der Waals surface area contributed by atoms with Crippen molar-refractivity contribution in [2.45, 2.75) is 24.9 Å². The van der Waals surface area contributed by atoms with E-state index in [-0.39, 0.29) is 12.3 Å². The van der Waals surface area contributed by atoms with Crippen LogP contribution in [0.4, 0.5) is 10.5 Å². The molecule has 2 amide bonds. The van der Waals surface area contributed by atoms with Crippen LogP contribution in [-0.2, 0) is 33.6 Å². The highest BCUT2D eigenvalue weighted by atomic mass is 32.2. The maximum Gasteiger partial charge on any atom is 0.407 e. The number of methoxy groups -OCH3 is 1. The van der Waals surface area contributed by atoms with Gasteiger partial charge in [0, 0.05) is 28.8 Å². The summed E-state index contributed by atoms with van der Waals surface area (Å²) in [5.41, 5.74) is 2.87. The van der Waals surface area contributed by atoms with Gasteiger partial charge in [-0.15, -0.1) is 22.7 Å². The van der Waals surface area contributed by atoms with Gasteiger partial charge in [0.1, 0.15) is 11.0 Å². The molecule has 0 fully saturated rings. The highest BCUT2D eigenvalue weighted by molar-refractivity contribution is 7.80. The molecule has 198 valence electrons. The number of thiazole rings is 1. The standard InChI is InChI=1S/C26H26N4O5S3/c1-35-26(32)29-21(15-17-6-3-2-4-7-17)24(31)27-20(14-18-9-11-19(12-10-18)30-38(33)34)22-16-37-25(28-22)23-8-5-13-36-23/h2-13,16,20-21,30H,14-15H2,1H3,(H,27,31)(H,29,32)(H,33,34)/p-1/t20-,21+/m1/s1. The summed E-state index contributed by atoms with van der Waals surface area (Å²) in [6, 6.07) is 18.8. The molecule has 38 heavy (non-hydrogen) atoms. The van der Waals surface area contributed by atoms with E-state index in [1.54, 1.807) is 35.6 Å². The molecule has 0 spiro atoms. The van der Waals surface area contributed by atoms with E-state index < -0.39 is 29.4 Å². The van der Waals surface area contributed by atoms with Crippen LogP contribution in [0.3, 0.4) is 0 Å². The molecule has 0 saturated heterocycles. The minimum absolute atomic E-state index is 0.276. The van der Waals surface area contributed by atoms with Crippen LogP contribution in [-0.4, -0.2) is 38.9 Å². The number of ether oxygens (including phenoxy) is 1. The number of carbonyl (C=O) groups excluding carboxylic acids is 2. The van der Waals surface area contributed by atoms with Crippen molar-refractivity contribution < 1.29 is 23.1 Å².